The van der Waals surface area contributed by atoms with Crippen LogP contribution in [0.4, 0.5) is 0 Å². The average Bonchev–Trinajstić information content (AvgIpc) is 1.98. The SMILES string of the molecule is C=C1NC(=C)C(=C)/N=C\N(C)N1. The second-order valence-electron chi connectivity index (χ2n) is 2.50. The van der Waals surface area contributed by atoms with E-state index in [2.05, 4.69) is 35.5 Å². The van der Waals surface area contributed by atoms with Crippen LogP contribution in [0.3, 0.4) is 0 Å². The molecule has 1 aliphatic rings. The highest BCUT2D eigenvalue weighted by atomic mass is 15.5. The van der Waals surface area contributed by atoms with Crippen molar-refractivity contribution in [1.82, 2.24) is 15.8 Å². The highest BCUT2D eigenvalue weighted by Gasteiger charge is 2.04. The number of hydrogen-bond acceptors (Lipinski definition) is 4. The third-order valence-corrected chi connectivity index (χ3v) is 1.35. The molecule has 0 unspecified atom stereocenters. The minimum Gasteiger partial charge on any atom is -0.340 e. The summed E-state index contributed by atoms with van der Waals surface area (Å²) in [6.07, 6.45) is 1.61. The summed E-state index contributed by atoms with van der Waals surface area (Å²) in [5.74, 6) is 0.648. The van der Waals surface area contributed by atoms with Gasteiger partial charge in [-0.2, -0.15) is 0 Å². The van der Waals surface area contributed by atoms with E-state index in [1.54, 1.807) is 11.3 Å². The van der Waals surface area contributed by atoms with Crippen molar-refractivity contribution < 1.29 is 0 Å². The first-order valence-corrected chi connectivity index (χ1v) is 3.47. The first-order chi connectivity index (χ1) is 5.59. The predicted octanol–water partition coefficient (Wildman–Crippen LogP) is 0.553. The summed E-state index contributed by atoms with van der Waals surface area (Å²) in [5, 5.41) is 4.58. The highest BCUT2D eigenvalue weighted by molar-refractivity contribution is 5.57. The average molecular weight is 164 g/mol. The molecule has 0 radical (unpaired) electrons. The van der Waals surface area contributed by atoms with Crippen molar-refractivity contribution >= 4 is 6.34 Å². The number of hydrogen-bond donors (Lipinski definition) is 2. The molecule has 2 N–H and O–H groups in total. The van der Waals surface area contributed by atoms with Gasteiger partial charge in [0.15, 0.2) is 0 Å². The molecule has 0 spiro atoms. The number of aliphatic imine (C=N–C) groups is 1. The van der Waals surface area contributed by atoms with Gasteiger partial charge in [0.25, 0.3) is 0 Å². The highest BCUT2D eigenvalue weighted by Crippen LogP contribution is 2.05. The lowest BCUT2D eigenvalue weighted by molar-refractivity contribution is 0.411. The molecule has 0 aromatic heterocycles. The fourth-order valence-electron chi connectivity index (χ4n) is 0.758. The van der Waals surface area contributed by atoms with E-state index >= 15 is 0 Å². The lowest BCUT2D eigenvalue weighted by Crippen LogP contribution is -2.38. The van der Waals surface area contributed by atoms with Crippen LogP contribution in [0.2, 0.25) is 0 Å². The van der Waals surface area contributed by atoms with Crippen molar-refractivity contribution in [3.63, 3.8) is 0 Å². The maximum Gasteiger partial charge on any atom is 0.115 e. The molecule has 1 heterocycles. The molecule has 4 nitrogen and oxygen atoms in total. The molecule has 1 aliphatic heterocycles. The zero-order valence-electron chi connectivity index (χ0n) is 7.09. The van der Waals surface area contributed by atoms with Gasteiger partial charge in [0.05, 0.1) is 11.4 Å². The van der Waals surface area contributed by atoms with Crippen LogP contribution in [0, 0.1) is 0 Å². The summed E-state index contributed by atoms with van der Waals surface area (Å²) in [5.41, 5.74) is 4.16. The van der Waals surface area contributed by atoms with Crippen molar-refractivity contribution in [2.24, 2.45) is 4.99 Å². The maximum absolute atomic E-state index is 4.02. The summed E-state index contributed by atoms with van der Waals surface area (Å²) in [6, 6.07) is 0. The first-order valence-electron chi connectivity index (χ1n) is 3.47. The van der Waals surface area contributed by atoms with E-state index in [0.29, 0.717) is 17.2 Å². The maximum atomic E-state index is 4.02. The van der Waals surface area contributed by atoms with E-state index in [1.165, 1.54) is 0 Å². The van der Waals surface area contributed by atoms with E-state index < -0.39 is 0 Å². The van der Waals surface area contributed by atoms with E-state index in [9.17, 15) is 0 Å². The second kappa shape index (κ2) is 3.13. The molecule has 1 rings (SSSR count). The Hall–Kier alpha value is -1.71. The number of rotatable bonds is 0. The molecule has 0 aromatic carbocycles. The first kappa shape index (κ1) is 8.39. The fourth-order valence-corrected chi connectivity index (χ4v) is 0.758. The third-order valence-electron chi connectivity index (χ3n) is 1.35. The van der Waals surface area contributed by atoms with Crippen LogP contribution in [-0.2, 0) is 0 Å². The normalized spacial score (nSPS) is 20.8. The monoisotopic (exact) mass is 164 g/mol. The zero-order chi connectivity index (χ0) is 9.14. The van der Waals surface area contributed by atoms with Crippen molar-refractivity contribution in [2.45, 2.75) is 0 Å². The van der Waals surface area contributed by atoms with Gasteiger partial charge in [-0.05, 0) is 0 Å². The van der Waals surface area contributed by atoms with Gasteiger partial charge in [0, 0.05) is 7.05 Å². The van der Waals surface area contributed by atoms with Crippen LogP contribution < -0.4 is 10.7 Å². The van der Waals surface area contributed by atoms with Crippen LogP contribution in [0.25, 0.3) is 0 Å². The molecule has 64 valence electrons. The Morgan fingerprint density at radius 1 is 1.42 bits per heavy atom. The Morgan fingerprint density at radius 3 is 2.75 bits per heavy atom. The second-order valence-corrected chi connectivity index (χ2v) is 2.50. The molecular formula is C8H12N4. The van der Waals surface area contributed by atoms with E-state index in [4.69, 9.17) is 0 Å². The Labute approximate surface area is 71.9 Å². The van der Waals surface area contributed by atoms with Crippen LogP contribution in [0.5, 0.6) is 0 Å². The molecule has 0 bridgehead atoms. The van der Waals surface area contributed by atoms with Gasteiger partial charge in [-0.3, -0.25) is 10.4 Å². The minimum absolute atomic E-state index is 0.601. The summed E-state index contributed by atoms with van der Waals surface area (Å²) >= 11 is 0. The van der Waals surface area contributed by atoms with Gasteiger partial charge in [0.2, 0.25) is 0 Å². The molecule has 12 heavy (non-hydrogen) atoms. The van der Waals surface area contributed by atoms with Gasteiger partial charge >= 0.3 is 0 Å². The lowest BCUT2D eigenvalue weighted by atomic mass is 10.4. The molecule has 0 atom stereocenters. The molecule has 0 saturated heterocycles. The smallest absolute Gasteiger partial charge is 0.115 e. The van der Waals surface area contributed by atoms with Crippen LogP contribution in [0.15, 0.2) is 41.9 Å². The van der Waals surface area contributed by atoms with Crippen LogP contribution in [0.1, 0.15) is 0 Å². The predicted molar refractivity (Wildman–Crippen MR) is 49.9 cm³/mol. The fraction of sp³-hybridized carbons (Fsp3) is 0.125. The quantitative estimate of drug-likeness (QED) is 0.549. The molecule has 0 aromatic rings. The molecular weight excluding hydrogens is 152 g/mol. The Bertz CT molecular complexity index is 264. The minimum atomic E-state index is 0.601. The van der Waals surface area contributed by atoms with E-state index in [-0.39, 0.29) is 0 Å². The summed E-state index contributed by atoms with van der Waals surface area (Å²) in [6.45, 7) is 11.2. The molecule has 0 aliphatic carbocycles. The molecule has 0 saturated carbocycles. The van der Waals surface area contributed by atoms with E-state index in [0.717, 1.165) is 0 Å². The standard InChI is InChI=1S/C8H12N4/c1-6-7(2)10-8(3)11-12(4)5-9-6/h5,10-11H,1-3H2,4H3/b9-5-. The van der Waals surface area contributed by atoms with Crippen molar-refractivity contribution in [1.29, 1.82) is 0 Å². The van der Waals surface area contributed by atoms with Gasteiger partial charge in [-0.25, -0.2) is 4.99 Å². The van der Waals surface area contributed by atoms with Gasteiger partial charge in [0.1, 0.15) is 12.2 Å². The van der Waals surface area contributed by atoms with Gasteiger partial charge in [-0.15, -0.1) is 0 Å². The van der Waals surface area contributed by atoms with Gasteiger partial charge < -0.3 is 5.32 Å². The van der Waals surface area contributed by atoms with Crippen LogP contribution in [-0.4, -0.2) is 18.4 Å². The Kier molecular flexibility index (Phi) is 2.19. The summed E-state index contributed by atoms with van der Waals surface area (Å²) in [7, 11) is 1.82. The Balaban J connectivity index is 2.83. The summed E-state index contributed by atoms with van der Waals surface area (Å²) < 4.78 is 0. The summed E-state index contributed by atoms with van der Waals surface area (Å²) in [4.78, 5) is 4.02. The number of nitrogens with one attached hydrogen (secondary N) is 2. The van der Waals surface area contributed by atoms with E-state index in [1.807, 2.05) is 7.05 Å². The number of nitrogens with zero attached hydrogens (tertiary/aromatic N) is 2. The van der Waals surface area contributed by atoms with Crippen LogP contribution >= 0.6 is 0 Å². The lowest BCUT2D eigenvalue weighted by Gasteiger charge is -2.22. The topological polar surface area (TPSA) is 39.7 Å². The molecule has 4 heteroatoms. The van der Waals surface area contributed by atoms with Crippen molar-refractivity contribution in [3.05, 3.63) is 37.0 Å². The largest absolute Gasteiger partial charge is 0.340 e. The van der Waals surface area contributed by atoms with Crippen molar-refractivity contribution in [3.8, 4) is 0 Å². The number of hydrazine groups is 1. The molecule has 0 amide bonds. The molecule has 0 fully saturated rings. The van der Waals surface area contributed by atoms with Crippen molar-refractivity contribution in [2.75, 3.05) is 7.05 Å². The van der Waals surface area contributed by atoms with Gasteiger partial charge in [-0.1, -0.05) is 19.7 Å². The third kappa shape index (κ3) is 1.88. The Morgan fingerprint density at radius 2 is 2.08 bits per heavy atom. The zero-order valence-corrected chi connectivity index (χ0v) is 7.09.